The largest absolute Gasteiger partial charge is 0.418 e. The SMILES string of the molecule is O=C(CO[C@H](c1ccccc1)C(F)(F)F)NCC1CCNCC1. The number of halogens is 3. The maximum Gasteiger partial charge on any atom is 0.418 e. The average Bonchev–Trinajstić information content (AvgIpc) is 2.54. The van der Waals surface area contributed by atoms with E-state index in [-0.39, 0.29) is 5.56 Å². The van der Waals surface area contributed by atoms with E-state index in [0.717, 1.165) is 25.9 Å². The Morgan fingerprint density at radius 1 is 1.26 bits per heavy atom. The molecule has 2 N–H and O–H groups in total. The van der Waals surface area contributed by atoms with Crippen molar-refractivity contribution in [3.8, 4) is 0 Å². The van der Waals surface area contributed by atoms with Gasteiger partial charge >= 0.3 is 6.18 Å². The molecule has 0 saturated carbocycles. The van der Waals surface area contributed by atoms with E-state index in [4.69, 9.17) is 4.74 Å². The lowest BCUT2D eigenvalue weighted by Gasteiger charge is -2.23. The second-order valence-electron chi connectivity index (χ2n) is 5.64. The van der Waals surface area contributed by atoms with Gasteiger partial charge in [0.25, 0.3) is 0 Å². The van der Waals surface area contributed by atoms with Crippen LogP contribution in [0.2, 0.25) is 0 Å². The molecule has 1 aromatic carbocycles. The Kier molecular flexibility index (Phi) is 6.41. The lowest BCUT2D eigenvalue weighted by Crippen LogP contribution is -2.38. The minimum absolute atomic E-state index is 0.00819. The molecule has 0 radical (unpaired) electrons. The molecule has 128 valence electrons. The smallest absolute Gasteiger partial charge is 0.354 e. The van der Waals surface area contributed by atoms with Gasteiger partial charge in [-0.05, 0) is 37.4 Å². The van der Waals surface area contributed by atoms with Crippen LogP contribution in [0.4, 0.5) is 13.2 Å². The zero-order valence-electron chi connectivity index (χ0n) is 12.7. The first-order valence-corrected chi connectivity index (χ1v) is 7.67. The number of amides is 1. The van der Waals surface area contributed by atoms with E-state index < -0.39 is 24.8 Å². The maximum atomic E-state index is 13.1. The Labute approximate surface area is 133 Å². The molecule has 1 amide bonds. The summed E-state index contributed by atoms with van der Waals surface area (Å²) >= 11 is 0. The molecular weight excluding hydrogens is 309 g/mol. The molecule has 0 aliphatic carbocycles. The molecule has 23 heavy (non-hydrogen) atoms. The summed E-state index contributed by atoms with van der Waals surface area (Å²) < 4.78 is 44.1. The number of rotatable bonds is 6. The first kappa shape index (κ1) is 17.7. The third kappa shape index (κ3) is 5.84. The van der Waals surface area contributed by atoms with Gasteiger partial charge in [0, 0.05) is 6.54 Å². The fraction of sp³-hybridized carbons (Fsp3) is 0.562. The van der Waals surface area contributed by atoms with Crippen molar-refractivity contribution in [1.29, 1.82) is 0 Å². The van der Waals surface area contributed by atoms with E-state index in [2.05, 4.69) is 10.6 Å². The predicted molar refractivity (Wildman–Crippen MR) is 79.8 cm³/mol. The zero-order valence-corrected chi connectivity index (χ0v) is 12.7. The van der Waals surface area contributed by atoms with Crippen LogP contribution in [0.15, 0.2) is 30.3 Å². The molecular formula is C16H21F3N2O2. The van der Waals surface area contributed by atoms with Gasteiger partial charge in [-0.25, -0.2) is 0 Å². The normalized spacial score (nSPS) is 17.7. The van der Waals surface area contributed by atoms with Crippen molar-refractivity contribution in [3.05, 3.63) is 35.9 Å². The minimum atomic E-state index is -4.56. The van der Waals surface area contributed by atoms with Crippen LogP contribution >= 0.6 is 0 Å². The summed E-state index contributed by atoms with van der Waals surface area (Å²) in [5, 5.41) is 5.87. The van der Waals surface area contributed by atoms with Gasteiger partial charge in [-0.15, -0.1) is 0 Å². The molecule has 1 heterocycles. The van der Waals surface area contributed by atoms with Crippen LogP contribution in [0.3, 0.4) is 0 Å². The van der Waals surface area contributed by atoms with Crippen LogP contribution in [0.25, 0.3) is 0 Å². The number of carbonyl (C=O) groups excluding carboxylic acids is 1. The van der Waals surface area contributed by atoms with Gasteiger partial charge in [-0.2, -0.15) is 13.2 Å². The summed E-state index contributed by atoms with van der Waals surface area (Å²) in [6.07, 6.45) is -4.74. The van der Waals surface area contributed by atoms with Crippen molar-refractivity contribution in [2.75, 3.05) is 26.2 Å². The van der Waals surface area contributed by atoms with Gasteiger partial charge in [0.2, 0.25) is 5.91 Å². The number of alkyl halides is 3. The van der Waals surface area contributed by atoms with Crippen molar-refractivity contribution < 1.29 is 22.7 Å². The van der Waals surface area contributed by atoms with Gasteiger partial charge < -0.3 is 15.4 Å². The summed E-state index contributed by atoms with van der Waals surface area (Å²) in [6, 6.07) is 7.32. The van der Waals surface area contributed by atoms with Crippen molar-refractivity contribution in [2.24, 2.45) is 5.92 Å². The number of hydrogen-bond donors (Lipinski definition) is 2. The van der Waals surface area contributed by atoms with Crippen molar-refractivity contribution in [3.63, 3.8) is 0 Å². The first-order chi connectivity index (χ1) is 11.0. The summed E-state index contributed by atoms with van der Waals surface area (Å²) in [6.45, 7) is 1.68. The number of nitrogens with one attached hydrogen (secondary N) is 2. The predicted octanol–water partition coefficient (Wildman–Crippen LogP) is 2.42. The molecule has 0 aromatic heterocycles. The highest BCUT2D eigenvalue weighted by Crippen LogP contribution is 2.35. The molecule has 1 aliphatic rings. The zero-order chi connectivity index (χ0) is 16.7. The fourth-order valence-corrected chi connectivity index (χ4v) is 2.56. The highest BCUT2D eigenvalue weighted by atomic mass is 19.4. The van der Waals surface area contributed by atoms with Gasteiger partial charge in [0.05, 0.1) is 0 Å². The topological polar surface area (TPSA) is 50.4 Å². The Balaban J connectivity index is 1.82. The number of piperidine rings is 1. The molecule has 1 aliphatic heterocycles. The van der Waals surface area contributed by atoms with Gasteiger partial charge in [0.1, 0.15) is 6.61 Å². The number of carbonyl (C=O) groups is 1. The van der Waals surface area contributed by atoms with Gasteiger partial charge in [-0.1, -0.05) is 30.3 Å². The van der Waals surface area contributed by atoms with Crippen molar-refractivity contribution in [1.82, 2.24) is 10.6 Å². The summed E-state index contributed by atoms with van der Waals surface area (Å²) in [5.41, 5.74) is -0.00819. The minimum Gasteiger partial charge on any atom is -0.354 e. The molecule has 0 unspecified atom stereocenters. The molecule has 1 aromatic rings. The Morgan fingerprint density at radius 2 is 1.91 bits per heavy atom. The van der Waals surface area contributed by atoms with Crippen LogP contribution in [-0.4, -0.2) is 38.3 Å². The molecule has 1 saturated heterocycles. The average molecular weight is 330 g/mol. The first-order valence-electron chi connectivity index (χ1n) is 7.67. The maximum absolute atomic E-state index is 13.1. The number of hydrogen-bond acceptors (Lipinski definition) is 3. The van der Waals surface area contributed by atoms with Gasteiger partial charge in [0.15, 0.2) is 6.10 Å². The summed E-state index contributed by atoms with van der Waals surface area (Å²) in [7, 11) is 0. The van der Waals surface area contributed by atoms with Gasteiger partial charge in [-0.3, -0.25) is 4.79 Å². The third-order valence-corrected chi connectivity index (χ3v) is 3.83. The third-order valence-electron chi connectivity index (χ3n) is 3.83. The molecule has 1 fully saturated rings. The summed E-state index contributed by atoms with van der Waals surface area (Å²) in [5.74, 6) is -0.151. The lowest BCUT2D eigenvalue weighted by atomic mass is 9.98. The lowest BCUT2D eigenvalue weighted by molar-refractivity contribution is -0.223. The van der Waals surface area contributed by atoms with Crippen LogP contribution in [0, 0.1) is 5.92 Å². The Morgan fingerprint density at radius 3 is 2.52 bits per heavy atom. The van der Waals surface area contributed by atoms with E-state index >= 15 is 0 Å². The van der Waals surface area contributed by atoms with Crippen molar-refractivity contribution in [2.45, 2.75) is 25.1 Å². The van der Waals surface area contributed by atoms with E-state index in [9.17, 15) is 18.0 Å². The molecule has 2 rings (SSSR count). The van der Waals surface area contributed by atoms with Crippen LogP contribution in [0.5, 0.6) is 0 Å². The van der Waals surface area contributed by atoms with E-state index in [1.807, 2.05) is 0 Å². The number of ether oxygens (including phenoxy) is 1. The fourth-order valence-electron chi connectivity index (χ4n) is 2.56. The molecule has 0 bridgehead atoms. The Bertz CT molecular complexity index is 488. The molecule has 0 spiro atoms. The van der Waals surface area contributed by atoms with Crippen LogP contribution < -0.4 is 10.6 Å². The highest BCUT2D eigenvalue weighted by molar-refractivity contribution is 5.77. The van der Waals surface area contributed by atoms with Crippen LogP contribution in [0.1, 0.15) is 24.5 Å². The summed E-state index contributed by atoms with van der Waals surface area (Å²) in [4.78, 5) is 11.7. The van der Waals surface area contributed by atoms with E-state index in [1.165, 1.54) is 24.3 Å². The van der Waals surface area contributed by atoms with E-state index in [1.54, 1.807) is 6.07 Å². The van der Waals surface area contributed by atoms with Crippen LogP contribution in [-0.2, 0) is 9.53 Å². The second-order valence-corrected chi connectivity index (χ2v) is 5.64. The monoisotopic (exact) mass is 330 g/mol. The molecule has 1 atom stereocenters. The molecule has 7 heteroatoms. The standard InChI is InChI=1S/C16H21F3N2O2/c17-16(18,19)15(13-4-2-1-3-5-13)23-11-14(22)21-10-12-6-8-20-9-7-12/h1-5,12,15,20H,6-11H2,(H,21,22)/t15-/m1/s1. The number of benzene rings is 1. The second kappa shape index (κ2) is 8.31. The quantitative estimate of drug-likeness (QED) is 0.842. The highest BCUT2D eigenvalue weighted by Gasteiger charge is 2.42. The van der Waals surface area contributed by atoms with Crippen molar-refractivity contribution >= 4 is 5.91 Å². The molecule has 4 nitrogen and oxygen atoms in total. The van der Waals surface area contributed by atoms with E-state index in [0.29, 0.717) is 12.5 Å². The Hall–Kier alpha value is -1.60.